The molecule has 0 aliphatic carbocycles. The standard InChI is InChI=1S/C28H26N4O/c1-28(2,3)20-14-18(13-19(15-20)23-10-7-8-12-30-23)22-16-29-17-24-26(22)31-27(32(24)4)21-9-5-6-11-25(21)33/h5-17,33H,1-4H3. The molecule has 5 rings (SSSR count). The average Bonchev–Trinajstić information content (AvgIpc) is 3.15. The number of phenolic OH excluding ortho intramolecular Hbond substituents is 1. The quantitative estimate of drug-likeness (QED) is 0.358. The summed E-state index contributed by atoms with van der Waals surface area (Å²) < 4.78 is 1.98. The normalized spacial score (nSPS) is 11.8. The molecule has 0 spiro atoms. The molecule has 0 radical (unpaired) electrons. The van der Waals surface area contributed by atoms with Crippen LogP contribution in [0.4, 0.5) is 0 Å². The molecule has 0 aliphatic heterocycles. The zero-order chi connectivity index (χ0) is 23.2. The second kappa shape index (κ2) is 7.85. The second-order valence-corrected chi connectivity index (χ2v) is 9.33. The minimum absolute atomic E-state index is 0.0357. The molecule has 33 heavy (non-hydrogen) atoms. The van der Waals surface area contributed by atoms with Crippen LogP contribution >= 0.6 is 0 Å². The van der Waals surface area contributed by atoms with Crippen molar-refractivity contribution in [3.8, 4) is 39.5 Å². The third kappa shape index (κ3) is 3.76. The van der Waals surface area contributed by atoms with Gasteiger partial charge in [-0.1, -0.05) is 45.0 Å². The van der Waals surface area contributed by atoms with Crippen LogP contribution in [0, 0.1) is 0 Å². The molecule has 1 N–H and O–H groups in total. The summed E-state index contributed by atoms with van der Waals surface area (Å²) in [6.45, 7) is 6.64. The van der Waals surface area contributed by atoms with Crippen molar-refractivity contribution in [2.75, 3.05) is 0 Å². The molecule has 0 fully saturated rings. The van der Waals surface area contributed by atoms with E-state index in [0.717, 1.165) is 33.4 Å². The summed E-state index contributed by atoms with van der Waals surface area (Å²) in [5.74, 6) is 0.909. The van der Waals surface area contributed by atoms with Crippen LogP contribution in [0.15, 0.2) is 79.3 Å². The van der Waals surface area contributed by atoms with E-state index in [1.165, 1.54) is 5.56 Å². The van der Waals surface area contributed by atoms with Crippen molar-refractivity contribution in [2.24, 2.45) is 7.05 Å². The highest BCUT2D eigenvalue weighted by atomic mass is 16.3. The van der Waals surface area contributed by atoms with E-state index in [2.05, 4.69) is 48.9 Å². The lowest BCUT2D eigenvalue weighted by Crippen LogP contribution is -2.11. The molecule has 0 bridgehead atoms. The number of rotatable bonds is 3. The molecule has 0 aliphatic rings. The first-order valence-corrected chi connectivity index (χ1v) is 11.0. The molecule has 2 aromatic carbocycles. The number of aryl methyl sites for hydroxylation is 1. The van der Waals surface area contributed by atoms with Crippen LogP contribution in [0.25, 0.3) is 44.8 Å². The Balaban J connectivity index is 1.76. The van der Waals surface area contributed by atoms with Gasteiger partial charge in [-0.2, -0.15) is 0 Å². The smallest absolute Gasteiger partial charge is 0.144 e. The lowest BCUT2D eigenvalue weighted by atomic mass is 9.84. The summed E-state index contributed by atoms with van der Waals surface area (Å²) in [4.78, 5) is 14.1. The van der Waals surface area contributed by atoms with Crippen LogP contribution in [0.1, 0.15) is 26.3 Å². The van der Waals surface area contributed by atoms with Crippen molar-refractivity contribution in [3.63, 3.8) is 0 Å². The first kappa shape index (κ1) is 20.9. The highest BCUT2D eigenvalue weighted by Gasteiger charge is 2.20. The van der Waals surface area contributed by atoms with E-state index < -0.39 is 0 Å². The number of imidazole rings is 1. The van der Waals surface area contributed by atoms with Gasteiger partial charge < -0.3 is 9.67 Å². The Hall–Kier alpha value is -3.99. The molecule has 3 aromatic heterocycles. The fourth-order valence-corrected chi connectivity index (χ4v) is 4.11. The van der Waals surface area contributed by atoms with E-state index in [1.54, 1.807) is 6.07 Å². The summed E-state index contributed by atoms with van der Waals surface area (Å²) in [5, 5.41) is 10.4. The zero-order valence-corrected chi connectivity index (χ0v) is 19.2. The number of aromatic hydroxyl groups is 1. The van der Waals surface area contributed by atoms with E-state index in [4.69, 9.17) is 4.98 Å². The summed E-state index contributed by atoms with van der Waals surface area (Å²) in [5.41, 5.74) is 7.62. The lowest BCUT2D eigenvalue weighted by molar-refractivity contribution is 0.476. The van der Waals surface area contributed by atoms with Gasteiger partial charge in [0.15, 0.2) is 0 Å². The van der Waals surface area contributed by atoms with E-state index in [-0.39, 0.29) is 11.2 Å². The van der Waals surface area contributed by atoms with Crippen LogP contribution in [0.5, 0.6) is 5.75 Å². The van der Waals surface area contributed by atoms with E-state index in [9.17, 15) is 5.11 Å². The predicted molar refractivity (Wildman–Crippen MR) is 133 cm³/mol. The number of para-hydroxylation sites is 1. The Morgan fingerprint density at radius 3 is 2.33 bits per heavy atom. The first-order valence-electron chi connectivity index (χ1n) is 11.0. The number of hydrogen-bond acceptors (Lipinski definition) is 4. The van der Waals surface area contributed by atoms with Crippen LogP contribution in [0.3, 0.4) is 0 Å². The summed E-state index contributed by atoms with van der Waals surface area (Å²) in [6.07, 6.45) is 5.51. The maximum atomic E-state index is 10.4. The van der Waals surface area contributed by atoms with Crippen molar-refractivity contribution in [3.05, 3.63) is 84.8 Å². The Labute approximate surface area is 193 Å². The van der Waals surface area contributed by atoms with Crippen molar-refractivity contribution < 1.29 is 5.11 Å². The number of fused-ring (bicyclic) bond motifs is 1. The number of nitrogens with zero attached hydrogens (tertiary/aromatic N) is 4. The molecule has 0 atom stereocenters. The lowest BCUT2D eigenvalue weighted by Gasteiger charge is -2.21. The third-order valence-corrected chi connectivity index (χ3v) is 6.01. The van der Waals surface area contributed by atoms with E-state index in [1.807, 2.05) is 66.6 Å². The van der Waals surface area contributed by atoms with Crippen LogP contribution in [-0.4, -0.2) is 24.6 Å². The fourth-order valence-electron chi connectivity index (χ4n) is 4.11. The number of hydrogen-bond donors (Lipinski definition) is 1. The van der Waals surface area contributed by atoms with Crippen molar-refractivity contribution in [1.29, 1.82) is 0 Å². The first-order chi connectivity index (χ1) is 15.8. The van der Waals surface area contributed by atoms with Crippen molar-refractivity contribution in [2.45, 2.75) is 26.2 Å². The highest BCUT2D eigenvalue weighted by molar-refractivity contribution is 5.94. The van der Waals surface area contributed by atoms with E-state index in [0.29, 0.717) is 11.4 Å². The second-order valence-electron chi connectivity index (χ2n) is 9.33. The molecule has 0 saturated carbocycles. The molecule has 5 aromatic rings. The van der Waals surface area contributed by atoms with Gasteiger partial charge in [0.25, 0.3) is 0 Å². The highest BCUT2D eigenvalue weighted by Crippen LogP contribution is 2.37. The van der Waals surface area contributed by atoms with Gasteiger partial charge in [0, 0.05) is 30.6 Å². The van der Waals surface area contributed by atoms with Crippen molar-refractivity contribution in [1.82, 2.24) is 19.5 Å². The number of aromatic nitrogens is 4. The largest absolute Gasteiger partial charge is 0.507 e. The SMILES string of the molecule is Cn1c(-c2ccccc2O)nc2c(-c3cc(-c4ccccn4)cc(C(C)(C)C)c3)cncc21. The van der Waals surface area contributed by atoms with Crippen LogP contribution < -0.4 is 0 Å². The Kier molecular flexibility index (Phi) is 4.97. The van der Waals surface area contributed by atoms with Crippen molar-refractivity contribution >= 4 is 11.0 Å². The summed E-state index contributed by atoms with van der Waals surface area (Å²) in [7, 11) is 1.95. The van der Waals surface area contributed by atoms with Gasteiger partial charge in [0.1, 0.15) is 17.1 Å². The third-order valence-electron chi connectivity index (χ3n) is 6.01. The molecule has 0 unspecified atom stereocenters. The molecule has 5 nitrogen and oxygen atoms in total. The molecule has 0 amide bonds. The van der Waals surface area contributed by atoms with Gasteiger partial charge in [-0.3, -0.25) is 9.97 Å². The van der Waals surface area contributed by atoms with Crippen LogP contribution in [0.2, 0.25) is 0 Å². The zero-order valence-electron chi connectivity index (χ0n) is 19.2. The van der Waals surface area contributed by atoms with Gasteiger partial charge in [-0.05, 0) is 52.9 Å². The van der Waals surface area contributed by atoms with Gasteiger partial charge in [-0.25, -0.2) is 4.98 Å². The van der Waals surface area contributed by atoms with Gasteiger partial charge in [0.2, 0.25) is 0 Å². The maximum absolute atomic E-state index is 10.4. The minimum atomic E-state index is -0.0357. The topological polar surface area (TPSA) is 63.8 Å². The van der Waals surface area contributed by atoms with E-state index >= 15 is 0 Å². The molecule has 164 valence electrons. The minimum Gasteiger partial charge on any atom is -0.507 e. The fraction of sp³-hybridized carbons (Fsp3) is 0.179. The van der Waals surface area contributed by atoms with Crippen LogP contribution in [-0.2, 0) is 12.5 Å². The Morgan fingerprint density at radius 1 is 0.848 bits per heavy atom. The summed E-state index contributed by atoms with van der Waals surface area (Å²) in [6, 6.07) is 19.8. The van der Waals surface area contributed by atoms with Gasteiger partial charge in [0.05, 0.1) is 23.0 Å². The monoisotopic (exact) mass is 434 g/mol. The number of benzene rings is 2. The predicted octanol–water partition coefficient (Wildman–Crippen LogP) is 6.37. The molecular weight excluding hydrogens is 408 g/mol. The molecular formula is C28H26N4O. The van der Waals surface area contributed by atoms with Gasteiger partial charge in [-0.15, -0.1) is 0 Å². The Bertz CT molecular complexity index is 1460. The maximum Gasteiger partial charge on any atom is 0.144 e. The molecule has 0 saturated heterocycles. The Morgan fingerprint density at radius 2 is 1.61 bits per heavy atom. The average molecular weight is 435 g/mol. The molecule has 3 heterocycles. The molecule has 5 heteroatoms. The number of pyridine rings is 2. The summed E-state index contributed by atoms with van der Waals surface area (Å²) >= 11 is 0. The number of phenols is 1. The van der Waals surface area contributed by atoms with Gasteiger partial charge >= 0.3 is 0 Å².